The van der Waals surface area contributed by atoms with Crippen LogP contribution in [0.25, 0.3) is 10.9 Å². The van der Waals surface area contributed by atoms with Crippen LogP contribution in [0, 0.1) is 0 Å². The Balaban J connectivity index is 1.51. The van der Waals surface area contributed by atoms with Crippen LogP contribution in [0.5, 0.6) is 5.75 Å². The Morgan fingerprint density at radius 1 is 0.800 bits per heavy atom. The molecule has 0 spiro atoms. The highest BCUT2D eigenvalue weighted by Gasteiger charge is 2.09. The summed E-state index contributed by atoms with van der Waals surface area (Å²) in [5.74, 6) is -0.344. The number of fused-ring (bicyclic) bond motifs is 1. The summed E-state index contributed by atoms with van der Waals surface area (Å²) in [6.07, 6.45) is 18.7. The summed E-state index contributed by atoms with van der Waals surface area (Å²) in [7, 11) is 0. The van der Waals surface area contributed by atoms with Crippen molar-refractivity contribution in [3.05, 3.63) is 36.0 Å². The number of aromatic carboxylic acids is 1. The smallest absolute Gasteiger partial charge is 0.354 e. The van der Waals surface area contributed by atoms with Crippen LogP contribution >= 0.6 is 0 Å². The molecular formula is C26H39NO3. The van der Waals surface area contributed by atoms with Gasteiger partial charge in [-0.05, 0) is 18.6 Å². The highest BCUT2D eigenvalue weighted by molar-refractivity contribution is 5.91. The second-order valence-electron chi connectivity index (χ2n) is 8.27. The van der Waals surface area contributed by atoms with E-state index in [-0.39, 0.29) is 5.69 Å². The van der Waals surface area contributed by atoms with Crippen LogP contribution in [0.1, 0.15) is 107 Å². The Morgan fingerprint density at radius 3 is 1.93 bits per heavy atom. The standard InChI is InChI=1S/C26H39NO3/c1-2-3-4-5-6-7-8-9-10-11-12-13-14-15-21-30-24-18-16-17-22-19-20-23(26(28)29)27-25(22)24/h16-20H,2-15,21H2,1H3,(H,28,29). The van der Waals surface area contributed by atoms with E-state index in [1.54, 1.807) is 6.07 Å². The molecule has 0 aliphatic rings. The molecule has 0 fully saturated rings. The third-order valence-electron chi connectivity index (χ3n) is 5.66. The van der Waals surface area contributed by atoms with Gasteiger partial charge in [0.2, 0.25) is 0 Å². The lowest BCUT2D eigenvalue weighted by Gasteiger charge is -2.09. The van der Waals surface area contributed by atoms with E-state index in [0.717, 1.165) is 11.8 Å². The zero-order valence-electron chi connectivity index (χ0n) is 18.7. The predicted octanol–water partition coefficient (Wildman–Crippen LogP) is 7.79. The minimum absolute atomic E-state index is 0.0510. The summed E-state index contributed by atoms with van der Waals surface area (Å²) in [4.78, 5) is 15.4. The lowest BCUT2D eigenvalue weighted by molar-refractivity contribution is 0.0691. The van der Waals surface area contributed by atoms with Gasteiger partial charge in [0.15, 0.2) is 0 Å². The number of para-hydroxylation sites is 1. The van der Waals surface area contributed by atoms with Gasteiger partial charge in [-0.25, -0.2) is 9.78 Å². The van der Waals surface area contributed by atoms with Crippen LogP contribution in [0.2, 0.25) is 0 Å². The summed E-state index contributed by atoms with van der Waals surface area (Å²) in [5, 5.41) is 10.1. The number of hydrogen-bond acceptors (Lipinski definition) is 3. The van der Waals surface area contributed by atoms with Crippen molar-refractivity contribution in [2.24, 2.45) is 0 Å². The Morgan fingerprint density at radius 2 is 1.37 bits per heavy atom. The lowest BCUT2D eigenvalue weighted by atomic mass is 10.0. The van der Waals surface area contributed by atoms with Crippen LogP contribution in [-0.4, -0.2) is 22.7 Å². The number of carboxylic acids is 1. The van der Waals surface area contributed by atoms with Gasteiger partial charge in [-0.2, -0.15) is 0 Å². The van der Waals surface area contributed by atoms with Gasteiger partial charge < -0.3 is 9.84 Å². The van der Waals surface area contributed by atoms with E-state index in [1.165, 1.54) is 89.5 Å². The van der Waals surface area contributed by atoms with E-state index in [2.05, 4.69) is 11.9 Å². The fourth-order valence-corrected chi connectivity index (χ4v) is 3.83. The average molecular weight is 414 g/mol. The largest absolute Gasteiger partial charge is 0.491 e. The topological polar surface area (TPSA) is 59.4 Å². The lowest BCUT2D eigenvalue weighted by Crippen LogP contribution is -2.02. The number of unbranched alkanes of at least 4 members (excludes halogenated alkanes) is 13. The van der Waals surface area contributed by atoms with E-state index < -0.39 is 5.97 Å². The fourth-order valence-electron chi connectivity index (χ4n) is 3.83. The maximum atomic E-state index is 11.2. The van der Waals surface area contributed by atoms with E-state index in [0.29, 0.717) is 17.9 Å². The minimum atomic E-state index is -1.02. The first-order valence-corrected chi connectivity index (χ1v) is 12.0. The van der Waals surface area contributed by atoms with Crippen molar-refractivity contribution < 1.29 is 14.6 Å². The molecule has 0 radical (unpaired) electrons. The van der Waals surface area contributed by atoms with E-state index >= 15 is 0 Å². The van der Waals surface area contributed by atoms with Crippen molar-refractivity contribution in [2.75, 3.05) is 6.61 Å². The zero-order valence-corrected chi connectivity index (χ0v) is 18.7. The first kappa shape index (κ1) is 24.2. The fraction of sp³-hybridized carbons (Fsp3) is 0.615. The predicted molar refractivity (Wildman–Crippen MR) is 125 cm³/mol. The third kappa shape index (κ3) is 9.15. The van der Waals surface area contributed by atoms with E-state index in [4.69, 9.17) is 9.84 Å². The molecule has 1 heterocycles. The minimum Gasteiger partial charge on any atom is -0.491 e. The van der Waals surface area contributed by atoms with Gasteiger partial charge in [-0.1, -0.05) is 109 Å². The number of aromatic nitrogens is 1. The molecule has 0 amide bonds. The molecule has 2 aromatic rings. The molecule has 30 heavy (non-hydrogen) atoms. The molecule has 0 atom stereocenters. The first-order valence-electron chi connectivity index (χ1n) is 12.0. The Bertz CT molecular complexity index is 744. The third-order valence-corrected chi connectivity index (χ3v) is 5.66. The van der Waals surface area contributed by atoms with Crippen LogP contribution in [0.15, 0.2) is 30.3 Å². The Kier molecular flexibility index (Phi) is 11.9. The Hall–Kier alpha value is -2.10. The summed E-state index contributed by atoms with van der Waals surface area (Å²) < 4.78 is 5.91. The maximum absolute atomic E-state index is 11.2. The number of hydrogen-bond donors (Lipinski definition) is 1. The highest BCUT2D eigenvalue weighted by Crippen LogP contribution is 2.24. The van der Waals surface area contributed by atoms with Crippen LogP contribution in [0.4, 0.5) is 0 Å². The molecule has 4 nitrogen and oxygen atoms in total. The number of carbonyl (C=O) groups is 1. The van der Waals surface area contributed by atoms with Gasteiger partial charge in [-0.3, -0.25) is 0 Å². The molecule has 0 saturated carbocycles. The number of pyridine rings is 1. The van der Waals surface area contributed by atoms with Crippen molar-refractivity contribution in [2.45, 2.75) is 96.8 Å². The van der Waals surface area contributed by atoms with Crippen molar-refractivity contribution >= 4 is 16.9 Å². The van der Waals surface area contributed by atoms with E-state index in [9.17, 15) is 4.79 Å². The molecule has 1 aromatic heterocycles. The maximum Gasteiger partial charge on any atom is 0.354 e. The zero-order chi connectivity index (χ0) is 21.4. The number of carboxylic acid groups (broad SMARTS) is 1. The second-order valence-corrected chi connectivity index (χ2v) is 8.27. The van der Waals surface area contributed by atoms with Crippen molar-refractivity contribution in [1.29, 1.82) is 0 Å². The number of nitrogens with zero attached hydrogens (tertiary/aromatic N) is 1. The summed E-state index contributed by atoms with van der Waals surface area (Å²) in [6.45, 7) is 2.92. The average Bonchev–Trinajstić information content (AvgIpc) is 2.76. The van der Waals surface area contributed by atoms with Gasteiger partial charge in [0.1, 0.15) is 17.0 Å². The number of benzene rings is 1. The number of ether oxygens (including phenoxy) is 1. The summed E-state index contributed by atoms with van der Waals surface area (Å²) >= 11 is 0. The van der Waals surface area contributed by atoms with Gasteiger partial charge in [-0.15, -0.1) is 0 Å². The Labute approximate surface area is 182 Å². The number of rotatable bonds is 17. The SMILES string of the molecule is CCCCCCCCCCCCCCCCOc1cccc2ccc(C(=O)O)nc12. The molecule has 0 unspecified atom stereocenters. The van der Waals surface area contributed by atoms with Crippen molar-refractivity contribution in [1.82, 2.24) is 4.98 Å². The molecule has 0 aliphatic carbocycles. The molecule has 0 saturated heterocycles. The van der Waals surface area contributed by atoms with Crippen molar-refractivity contribution in [3.8, 4) is 5.75 Å². The van der Waals surface area contributed by atoms with Gasteiger partial charge in [0.25, 0.3) is 0 Å². The van der Waals surface area contributed by atoms with E-state index in [1.807, 2.05) is 18.2 Å². The summed E-state index contributed by atoms with van der Waals surface area (Å²) in [5.41, 5.74) is 0.679. The van der Waals surface area contributed by atoms with Gasteiger partial charge in [0.05, 0.1) is 6.61 Å². The molecule has 4 heteroatoms. The molecule has 0 aliphatic heterocycles. The molecule has 0 bridgehead atoms. The second kappa shape index (κ2) is 14.8. The monoisotopic (exact) mass is 413 g/mol. The normalized spacial score (nSPS) is 11.1. The first-order chi connectivity index (χ1) is 14.7. The quantitative estimate of drug-likeness (QED) is 0.269. The highest BCUT2D eigenvalue weighted by atomic mass is 16.5. The van der Waals surface area contributed by atoms with Crippen LogP contribution < -0.4 is 4.74 Å². The molecule has 1 aromatic carbocycles. The molecule has 166 valence electrons. The van der Waals surface area contributed by atoms with Crippen molar-refractivity contribution in [3.63, 3.8) is 0 Å². The molecule has 1 N–H and O–H groups in total. The molecular weight excluding hydrogens is 374 g/mol. The van der Waals surface area contributed by atoms with Crippen LogP contribution in [-0.2, 0) is 0 Å². The van der Waals surface area contributed by atoms with Gasteiger partial charge in [0, 0.05) is 5.39 Å². The molecule has 2 rings (SSSR count). The van der Waals surface area contributed by atoms with Crippen LogP contribution in [0.3, 0.4) is 0 Å². The van der Waals surface area contributed by atoms with Gasteiger partial charge >= 0.3 is 5.97 Å². The summed E-state index contributed by atoms with van der Waals surface area (Å²) in [6, 6.07) is 9.02.